The van der Waals surface area contributed by atoms with Crippen molar-refractivity contribution in [3.63, 3.8) is 0 Å². The number of halogens is 2. The van der Waals surface area contributed by atoms with Crippen molar-refractivity contribution in [2.45, 2.75) is 43.5 Å². The predicted molar refractivity (Wildman–Crippen MR) is 79.9 cm³/mol. The second-order valence-corrected chi connectivity index (χ2v) is 8.62. The zero-order chi connectivity index (χ0) is 13.8. The minimum atomic E-state index is -0.872. The molecule has 3 rings (SSSR count). The van der Waals surface area contributed by atoms with E-state index >= 15 is 0 Å². The Morgan fingerprint density at radius 2 is 2.16 bits per heavy atom. The molecule has 0 bridgehead atoms. The van der Waals surface area contributed by atoms with Crippen molar-refractivity contribution < 1.29 is 4.79 Å². The summed E-state index contributed by atoms with van der Waals surface area (Å²) >= 11 is 14.1. The SMILES string of the molecule is Cc1ccc([C@@H]2CCCN2C(=O)[C@@]2(C)CC2(Cl)Cl)s1. The molecular formula is C14H17Cl2NOS. The number of aryl methyl sites for hydroxylation is 1. The fourth-order valence-corrected chi connectivity index (χ4v) is 4.61. The molecule has 1 aliphatic carbocycles. The molecule has 1 aromatic heterocycles. The minimum Gasteiger partial charge on any atom is -0.334 e. The van der Waals surface area contributed by atoms with E-state index in [9.17, 15) is 4.79 Å². The van der Waals surface area contributed by atoms with E-state index in [1.54, 1.807) is 11.3 Å². The second-order valence-electron chi connectivity index (χ2n) is 5.82. The predicted octanol–water partition coefficient (Wildman–Crippen LogP) is 4.30. The van der Waals surface area contributed by atoms with Gasteiger partial charge in [0.2, 0.25) is 5.91 Å². The van der Waals surface area contributed by atoms with Gasteiger partial charge >= 0.3 is 0 Å². The van der Waals surface area contributed by atoms with Gasteiger partial charge in [0, 0.05) is 16.3 Å². The number of likely N-dealkylation sites (tertiary alicyclic amines) is 1. The normalized spacial score (nSPS) is 32.6. The van der Waals surface area contributed by atoms with Gasteiger partial charge in [0.25, 0.3) is 0 Å². The fourth-order valence-electron chi connectivity index (χ4n) is 2.89. The Hall–Kier alpha value is -0.250. The molecule has 19 heavy (non-hydrogen) atoms. The van der Waals surface area contributed by atoms with E-state index in [2.05, 4.69) is 19.1 Å². The van der Waals surface area contributed by atoms with Gasteiger partial charge in [-0.1, -0.05) is 0 Å². The first kappa shape index (κ1) is 13.7. The van der Waals surface area contributed by atoms with Crippen LogP contribution in [0.1, 0.15) is 42.0 Å². The first-order valence-electron chi connectivity index (χ1n) is 6.60. The lowest BCUT2D eigenvalue weighted by molar-refractivity contribution is -0.137. The lowest BCUT2D eigenvalue weighted by Crippen LogP contribution is -2.37. The molecule has 1 saturated heterocycles. The zero-order valence-corrected chi connectivity index (χ0v) is 13.4. The molecule has 0 radical (unpaired) electrons. The first-order chi connectivity index (χ1) is 8.85. The van der Waals surface area contributed by atoms with Gasteiger partial charge in [0.1, 0.15) is 4.33 Å². The molecule has 2 fully saturated rings. The van der Waals surface area contributed by atoms with Crippen LogP contribution in [0.15, 0.2) is 12.1 Å². The smallest absolute Gasteiger partial charge is 0.232 e. The zero-order valence-electron chi connectivity index (χ0n) is 11.1. The Labute approximate surface area is 127 Å². The summed E-state index contributed by atoms with van der Waals surface area (Å²) in [5, 5.41) is 0. The summed E-state index contributed by atoms with van der Waals surface area (Å²) < 4.78 is -0.872. The van der Waals surface area contributed by atoms with Crippen molar-refractivity contribution in [1.29, 1.82) is 0 Å². The molecular weight excluding hydrogens is 301 g/mol. The molecule has 1 amide bonds. The number of nitrogens with zero attached hydrogens (tertiary/aromatic N) is 1. The number of carbonyl (C=O) groups excluding carboxylic acids is 1. The molecule has 2 heterocycles. The lowest BCUT2D eigenvalue weighted by Gasteiger charge is -2.27. The summed E-state index contributed by atoms with van der Waals surface area (Å²) in [5.74, 6) is 0.117. The average molecular weight is 318 g/mol. The van der Waals surface area contributed by atoms with Crippen LogP contribution in [-0.4, -0.2) is 21.7 Å². The number of carbonyl (C=O) groups is 1. The Bertz CT molecular complexity index is 527. The molecule has 1 saturated carbocycles. The fraction of sp³-hybridized carbons (Fsp3) is 0.643. The van der Waals surface area contributed by atoms with Crippen LogP contribution in [0.4, 0.5) is 0 Å². The number of hydrogen-bond donors (Lipinski definition) is 0. The van der Waals surface area contributed by atoms with Crippen molar-refractivity contribution in [3.8, 4) is 0 Å². The average Bonchev–Trinajstić information content (AvgIpc) is 2.80. The molecule has 1 aliphatic heterocycles. The molecule has 2 nitrogen and oxygen atoms in total. The minimum absolute atomic E-state index is 0.117. The topological polar surface area (TPSA) is 20.3 Å². The van der Waals surface area contributed by atoms with Crippen LogP contribution in [0.25, 0.3) is 0 Å². The van der Waals surface area contributed by atoms with Gasteiger partial charge in [-0.2, -0.15) is 0 Å². The highest BCUT2D eigenvalue weighted by molar-refractivity contribution is 7.12. The molecule has 2 aliphatic rings. The van der Waals surface area contributed by atoms with Gasteiger partial charge < -0.3 is 4.90 Å². The van der Waals surface area contributed by atoms with Gasteiger partial charge in [-0.15, -0.1) is 34.5 Å². The van der Waals surface area contributed by atoms with Crippen LogP contribution in [0, 0.1) is 12.3 Å². The first-order valence-corrected chi connectivity index (χ1v) is 8.18. The van der Waals surface area contributed by atoms with Gasteiger partial charge in [0.15, 0.2) is 0 Å². The van der Waals surface area contributed by atoms with Crippen LogP contribution in [0.3, 0.4) is 0 Å². The van der Waals surface area contributed by atoms with Crippen LogP contribution in [0.5, 0.6) is 0 Å². The summed E-state index contributed by atoms with van der Waals surface area (Å²) in [6.07, 6.45) is 2.66. The highest BCUT2D eigenvalue weighted by Crippen LogP contribution is 2.65. The van der Waals surface area contributed by atoms with E-state index in [1.165, 1.54) is 9.75 Å². The molecule has 0 N–H and O–H groups in total. The molecule has 0 spiro atoms. The highest BCUT2D eigenvalue weighted by Gasteiger charge is 2.69. The maximum atomic E-state index is 12.7. The van der Waals surface area contributed by atoms with E-state index in [-0.39, 0.29) is 11.9 Å². The van der Waals surface area contributed by atoms with Crippen molar-refractivity contribution >= 4 is 40.4 Å². The van der Waals surface area contributed by atoms with E-state index in [4.69, 9.17) is 23.2 Å². The van der Waals surface area contributed by atoms with Crippen LogP contribution in [-0.2, 0) is 4.79 Å². The summed E-state index contributed by atoms with van der Waals surface area (Å²) in [7, 11) is 0. The number of hydrogen-bond acceptors (Lipinski definition) is 2. The monoisotopic (exact) mass is 317 g/mol. The van der Waals surface area contributed by atoms with Crippen LogP contribution < -0.4 is 0 Å². The molecule has 0 unspecified atom stereocenters. The third-order valence-corrected chi connectivity index (χ3v) is 6.54. The number of rotatable bonds is 2. The van der Waals surface area contributed by atoms with E-state index in [0.717, 1.165) is 19.4 Å². The Balaban J connectivity index is 1.83. The molecule has 104 valence electrons. The molecule has 2 atom stereocenters. The molecule has 5 heteroatoms. The van der Waals surface area contributed by atoms with Crippen molar-refractivity contribution in [3.05, 3.63) is 21.9 Å². The summed E-state index contributed by atoms with van der Waals surface area (Å²) in [6.45, 7) is 4.80. The summed E-state index contributed by atoms with van der Waals surface area (Å²) in [6, 6.07) is 4.47. The van der Waals surface area contributed by atoms with E-state index < -0.39 is 9.75 Å². The Morgan fingerprint density at radius 1 is 1.47 bits per heavy atom. The van der Waals surface area contributed by atoms with Gasteiger partial charge in [0.05, 0.1) is 11.5 Å². The highest BCUT2D eigenvalue weighted by atomic mass is 35.5. The van der Waals surface area contributed by atoms with Gasteiger partial charge in [-0.05, 0) is 45.2 Å². The lowest BCUT2D eigenvalue weighted by atomic mass is 10.1. The molecule has 0 aromatic carbocycles. The quantitative estimate of drug-likeness (QED) is 0.744. The van der Waals surface area contributed by atoms with E-state index in [0.29, 0.717) is 6.42 Å². The maximum Gasteiger partial charge on any atom is 0.232 e. The number of amides is 1. The maximum absolute atomic E-state index is 12.7. The van der Waals surface area contributed by atoms with Gasteiger partial charge in [-0.3, -0.25) is 4.79 Å². The van der Waals surface area contributed by atoms with Gasteiger partial charge in [-0.25, -0.2) is 0 Å². The summed E-state index contributed by atoms with van der Waals surface area (Å²) in [5.41, 5.74) is -0.592. The standard InChI is InChI=1S/C14H17Cl2NOS/c1-9-5-6-11(19-9)10-4-3-7-17(10)12(18)13(2)8-14(13,15)16/h5-6,10H,3-4,7-8H2,1-2H3/t10-,13+/m0/s1. The van der Waals surface area contributed by atoms with Crippen molar-refractivity contribution in [2.24, 2.45) is 5.41 Å². The third-order valence-electron chi connectivity index (χ3n) is 4.33. The Kier molecular flexibility index (Phi) is 3.16. The van der Waals surface area contributed by atoms with Crippen molar-refractivity contribution in [2.75, 3.05) is 6.54 Å². The number of thiophene rings is 1. The second kappa shape index (κ2) is 4.37. The van der Waals surface area contributed by atoms with Crippen LogP contribution >= 0.6 is 34.5 Å². The Morgan fingerprint density at radius 3 is 2.68 bits per heavy atom. The van der Waals surface area contributed by atoms with E-state index in [1.807, 2.05) is 11.8 Å². The third kappa shape index (κ3) is 2.10. The summed E-state index contributed by atoms with van der Waals surface area (Å²) in [4.78, 5) is 17.2. The largest absolute Gasteiger partial charge is 0.334 e. The number of alkyl halides is 2. The molecule has 1 aromatic rings. The van der Waals surface area contributed by atoms with Crippen molar-refractivity contribution in [1.82, 2.24) is 4.90 Å². The van der Waals surface area contributed by atoms with Crippen LogP contribution in [0.2, 0.25) is 0 Å².